The van der Waals surface area contributed by atoms with Gasteiger partial charge in [-0.15, -0.1) is 0 Å². The van der Waals surface area contributed by atoms with Gasteiger partial charge in [0.15, 0.2) is 0 Å². The average molecular weight is 331 g/mol. The first-order valence-electron chi connectivity index (χ1n) is 7.50. The van der Waals surface area contributed by atoms with Crippen molar-refractivity contribution in [3.8, 4) is 0 Å². The molecule has 0 amide bonds. The summed E-state index contributed by atoms with van der Waals surface area (Å²) < 4.78 is 30.3. The Labute approximate surface area is 133 Å². The van der Waals surface area contributed by atoms with Crippen LogP contribution in [0.5, 0.6) is 0 Å². The van der Waals surface area contributed by atoms with Crippen LogP contribution in [0.1, 0.15) is 17.9 Å². The third-order valence-electron chi connectivity index (χ3n) is 4.14. The lowest BCUT2D eigenvalue weighted by molar-refractivity contribution is 0.421. The normalized spacial score (nSPS) is 18.2. The van der Waals surface area contributed by atoms with Crippen LogP contribution in [0.2, 0.25) is 0 Å². The molecule has 1 atom stereocenters. The van der Waals surface area contributed by atoms with Gasteiger partial charge in [0, 0.05) is 43.0 Å². The predicted molar refractivity (Wildman–Crippen MR) is 85.5 cm³/mol. The van der Waals surface area contributed by atoms with Gasteiger partial charge in [-0.3, -0.25) is 0 Å². The van der Waals surface area contributed by atoms with E-state index in [0.29, 0.717) is 17.6 Å². The molecule has 0 saturated carbocycles. The number of hydrogen-bond donors (Lipinski definition) is 2. The average Bonchev–Trinajstić information content (AvgIpc) is 3.09. The minimum absolute atomic E-state index is 0.136. The van der Waals surface area contributed by atoms with Crippen LogP contribution in [0.4, 0.5) is 0 Å². The molecule has 23 heavy (non-hydrogen) atoms. The zero-order valence-corrected chi connectivity index (χ0v) is 13.5. The van der Waals surface area contributed by atoms with Crippen LogP contribution in [-0.4, -0.2) is 34.0 Å². The molecule has 120 valence electrons. The van der Waals surface area contributed by atoms with Crippen LogP contribution in [-0.2, 0) is 23.0 Å². The molecule has 8 heteroatoms. The summed E-state index contributed by atoms with van der Waals surface area (Å²) in [5.74, 6) is 1.02. The highest BCUT2D eigenvalue weighted by molar-refractivity contribution is 7.89. The van der Waals surface area contributed by atoms with Gasteiger partial charge in [-0.1, -0.05) is 0 Å². The molecule has 0 spiro atoms. The number of aromatic nitrogens is 4. The van der Waals surface area contributed by atoms with Gasteiger partial charge in [0.1, 0.15) is 16.4 Å². The lowest BCUT2D eigenvalue weighted by atomic mass is 10.1. The van der Waals surface area contributed by atoms with Crippen LogP contribution in [0.15, 0.2) is 35.6 Å². The minimum atomic E-state index is -3.59. The van der Waals surface area contributed by atoms with E-state index in [9.17, 15) is 8.42 Å². The molecule has 2 N–H and O–H groups in total. The van der Waals surface area contributed by atoms with Crippen molar-refractivity contribution in [2.24, 2.45) is 0 Å². The number of rotatable bonds is 3. The topological polar surface area (TPSA) is 92.7 Å². The number of H-pyrrole nitrogens is 1. The first-order valence-corrected chi connectivity index (χ1v) is 8.98. The summed E-state index contributed by atoms with van der Waals surface area (Å²) in [6, 6.07) is 3.35. The number of sulfonamides is 1. The molecule has 7 nitrogen and oxygen atoms in total. The van der Waals surface area contributed by atoms with Gasteiger partial charge < -0.3 is 9.55 Å². The zero-order valence-electron chi connectivity index (χ0n) is 12.7. The highest BCUT2D eigenvalue weighted by atomic mass is 32.2. The van der Waals surface area contributed by atoms with Crippen LogP contribution in [0, 0.1) is 6.92 Å². The van der Waals surface area contributed by atoms with Crippen molar-refractivity contribution < 1.29 is 8.42 Å². The van der Waals surface area contributed by atoms with Crippen LogP contribution in [0.3, 0.4) is 0 Å². The van der Waals surface area contributed by atoms with Gasteiger partial charge >= 0.3 is 0 Å². The number of aromatic amines is 1. The number of fused-ring (bicyclic) bond motifs is 2. The van der Waals surface area contributed by atoms with Gasteiger partial charge in [0.2, 0.25) is 10.0 Å². The summed E-state index contributed by atoms with van der Waals surface area (Å²) in [6.45, 7) is 2.56. The Morgan fingerprint density at radius 3 is 3.17 bits per heavy atom. The quantitative estimate of drug-likeness (QED) is 0.758. The lowest BCUT2D eigenvalue weighted by Gasteiger charge is -2.24. The number of imidazole rings is 1. The fourth-order valence-electron chi connectivity index (χ4n) is 3.12. The van der Waals surface area contributed by atoms with Gasteiger partial charge in [-0.05, 0) is 25.5 Å². The standard InChI is InChI=1S/C15H17N5O2S/c1-10-8-20-9-11(4-5-14(20)18-10)19-23(21,22)13-7-17-15-12(13)3-2-6-16-15/h2-3,6-8,11,19H,4-5,9H2,1H3,(H,16,17). The van der Waals surface area contributed by atoms with E-state index in [2.05, 4.69) is 19.7 Å². The zero-order chi connectivity index (χ0) is 16.0. The van der Waals surface area contributed by atoms with Gasteiger partial charge in [0.05, 0.1) is 5.69 Å². The summed E-state index contributed by atoms with van der Waals surface area (Å²) in [5.41, 5.74) is 1.54. The van der Waals surface area contributed by atoms with Crippen molar-refractivity contribution in [3.63, 3.8) is 0 Å². The Morgan fingerprint density at radius 1 is 1.43 bits per heavy atom. The third kappa shape index (κ3) is 2.53. The molecule has 1 aliphatic rings. The lowest BCUT2D eigenvalue weighted by Crippen LogP contribution is -2.40. The second-order valence-electron chi connectivity index (χ2n) is 5.86. The molecule has 0 aromatic carbocycles. The molecule has 0 radical (unpaired) electrons. The monoisotopic (exact) mass is 331 g/mol. The first kappa shape index (κ1) is 14.4. The van der Waals surface area contributed by atoms with E-state index >= 15 is 0 Å². The highest BCUT2D eigenvalue weighted by Gasteiger charge is 2.26. The molecule has 3 aromatic rings. The fourth-order valence-corrected chi connectivity index (χ4v) is 4.55. The van der Waals surface area contributed by atoms with E-state index in [4.69, 9.17) is 0 Å². The maximum atomic E-state index is 12.7. The Balaban J connectivity index is 1.61. The van der Waals surface area contributed by atoms with Crippen molar-refractivity contribution >= 4 is 21.1 Å². The number of nitrogens with one attached hydrogen (secondary N) is 2. The minimum Gasteiger partial charge on any atom is -0.345 e. The maximum absolute atomic E-state index is 12.7. The van der Waals surface area contributed by atoms with E-state index < -0.39 is 10.0 Å². The number of aryl methyl sites for hydroxylation is 2. The van der Waals surface area contributed by atoms with Crippen LogP contribution in [0.25, 0.3) is 11.0 Å². The highest BCUT2D eigenvalue weighted by Crippen LogP contribution is 2.22. The Morgan fingerprint density at radius 2 is 2.30 bits per heavy atom. The summed E-state index contributed by atoms with van der Waals surface area (Å²) in [6.07, 6.45) is 6.61. The maximum Gasteiger partial charge on any atom is 0.243 e. The summed E-state index contributed by atoms with van der Waals surface area (Å²) in [5, 5.41) is 0.606. The molecule has 1 aliphatic heterocycles. The van der Waals surface area contributed by atoms with E-state index in [1.54, 1.807) is 18.3 Å². The second-order valence-corrected chi connectivity index (χ2v) is 7.54. The Hall–Kier alpha value is -2.19. The molecule has 4 rings (SSSR count). The summed E-state index contributed by atoms with van der Waals surface area (Å²) >= 11 is 0. The molecule has 0 fully saturated rings. The summed E-state index contributed by atoms with van der Waals surface area (Å²) in [4.78, 5) is 11.7. The van der Waals surface area contributed by atoms with Crippen molar-refractivity contribution in [2.75, 3.05) is 0 Å². The van der Waals surface area contributed by atoms with E-state index in [1.165, 1.54) is 6.20 Å². The fraction of sp³-hybridized carbons (Fsp3) is 0.333. The number of hydrogen-bond acceptors (Lipinski definition) is 4. The van der Waals surface area contributed by atoms with Crippen molar-refractivity contribution in [1.82, 2.24) is 24.2 Å². The SMILES string of the molecule is Cc1cn2c(n1)CCC(NS(=O)(=O)c1c[nH]c3ncccc13)C2. The molecule has 1 unspecified atom stereocenters. The Bertz CT molecular complexity index is 973. The van der Waals surface area contributed by atoms with Crippen molar-refractivity contribution in [2.45, 2.75) is 37.2 Å². The molecule has 4 heterocycles. The summed E-state index contributed by atoms with van der Waals surface area (Å²) in [7, 11) is -3.59. The van der Waals surface area contributed by atoms with Crippen LogP contribution >= 0.6 is 0 Å². The molecule has 0 saturated heterocycles. The van der Waals surface area contributed by atoms with E-state index in [-0.39, 0.29) is 10.9 Å². The number of nitrogens with zero attached hydrogens (tertiary/aromatic N) is 3. The Kier molecular flexibility index (Phi) is 3.24. The largest absolute Gasteiger partial charge is 0.345 e. The predicted octanol–water partition coefficient (Wildman–Crippen LogP) is 1.36. The number of pyridine rings is 1. The smallest absolute Gasteiger partial charge is 0.243 e. The van der Waals surface area contributed by atoms with Gasteiger partial charge in [-0.25, -0.2) is 23.1 Å². The second kappa shape index (κ2) is 5.17. The van der Waals surface area contributed by atoms with E-state index in [0.717, 1.165) is 24.4 Å². The van der Waals surface area contributed by atoms with E-state index in [1.807, 2.05) is 17.7 Å². The van der Waals surface area contributed by atoms with Gasteiger partial charge in [-0.2, -0.15) is 0 Å². The molecule has 0 aliphatic carbocycles. The molecular weight excluding hydrogens is 314 g/mol. The molecular formula is C15H17N5O2S. The molecule has 0 bridgehead atoms. The third-order valence-corrected chi connectivity index (χ3v) is 5.70. The van der Waals surface area contributed by atoms with Crippen molar-refractivity contribution in [3.05, 3.63) is 42.2 Å². The van der Waals surface area contributed by atoms with Crippen molar-refractivity contribution in [1.29, 1.82) is 0 Å². The van der Waals surface area contributed by atoms with Crippen LogP contribution < -0.4 is 4.72 Å². The first-order chi connectivity index (χ1) is 11.0. The molecule has 3 aromatic heterocycles. The van der Waals surface area contributed by atoms with Gasteiger partial charge in [0.25, 0.3) is 0 Å².